The van der Waals surface area contributed by atoms with Crippen molar-refractivity contribution in [1.82, 2.24) is 14.9 Å². The second kappa shape index (κ2) is 6.73. The average Bonchev–Trinajstić information content (AvgIpc) is 3.34. The van der Waals surface area contributed by atoms with E-state index in [9.17, 15) is 4.39 Å². The minimum Gasteiger partial charge on any atom is -0.455 e. The average molecular weight is 358 g/mol. The molecule has 1 atom stereocenters. The van der Waals surface area contributed by atoms with Crippen LogP contribution in [-0.2, 0) is 4.74 Å². The van der Waals surface area contributed by atoms with Gasteiger partial charge in [-0.3, -0.25) is 5.10 Å². The second-order valence-electron chi connectivity index (χ2n) is 5.63. The summed E-state index contributed by atoms with van der Waals surface area (Å²) in [5.41, 5.74) is 0.405. The van der Waals surface area contributed by atoms with Crippen LogP contribution in [0, 0.1) is 10.6 Å². The highest BCUT2D eigenvalue weighted by Crippen LogP contribution is 2.27. The molecule has 25 heavy (non-hydrogen) atoms. The van der Waals surface area contributed by atoms with E-state index >= 15 is 0 Å². The van der Waals surface area contributed by atoms with Crippen molar-refractivity contribution in [2.45, 2.75) is 18.9 Å². The Morgan fingerprint density at radius 1 is 1.32 bits per heavy atom. The van der Waals surface area contributed by atoms with E-state index < -0.39 is 0 Å². The van der Waals surface area contributed by atoms with Crippen molar-refractivity contribution in [1.29, 1.82) is 0 Å². The van der Waals surface area contributed by atoms with Gasteiger partial charge in [-0.15, -0.1) is 0 Å². The first-order valence-electron chi connectivity index (χ1n) is 7.90. The van der Waals surface area contributed by atoms with Crippen LogP contribution in [0.15, 0.2) is 45.9 Å². The summed E-state index contributed by atoms with van der Waals surface area (Å²) in [6, 6.07) is 9.88. The summed E-state index contributed by atoms with van der Waals surface area (Å²) in [7, 11) is 0. The summed E-state index contributed by atoms with van der Waals surface area (Å²) in [6.07, 6.45) is 3.27. The molecule has 2 aromatic heterocycles. The molecule has 0 amide bonds. The lowest BCUT2D eigenvalue weighted by molar-refractivity contribution is 0.102. The van der Waals surface area contributed by atoms with Crippen molar-refractivity contribution in [3.8, 4) is 11.3 Å². The van der Waals surface area contributed by atoms with Crippen LogP contribution in [0.1, 0.15) is 30.5 Å². The van der Waals surface area contributed by atoms with Gasteiger partial charge >= 0.3 is 0 Å². The topological polar surface area (TPSA) is 68.3 Å². The summed E-state index contributed by atoms with van der Waals surface area (Å²) >= 11 is 5.22. The molecule has 1 saturated heterocycles. The molecule has 0 unspecified atom stereocenters. The van der Waals surface area contributed by atoms with Crippen LogP contribution < -0.4 is 0 Å². The predicted molar refractivity (Wildman–Crippen MR) is 92.4 cm³/mol. The fraction of sp³-hybridized carbons (Fsp3) is 0.235. The first-order chi connectivity index (χ1) is 12.2. The molecule has 0 bridgehead atoms. The lowest BCUT2D eigenvalue weighted by Gasteiger charge is -2.06. The highest BCUT2D eigenvalue weighted by molar-refractivity contribution is 7.71. The summed E-state index contributed by atoms with van der Waals surface area (Å²) in [5, 5.41) is 11.3. The Morgan fingerprint density at radius 3 is 3.00 bits per heavy atom. The first-order valence-corrected chi connectivity index (χ1v) is 8.31. The van der Waals surface area contributed by atoms with Crippen LogP contribution in [0.25, 0.3) is 11.3 Å². The zero-order chi connectivity index (χ0) is 17.2. The number of aromatic nitrogens is 3. The van der Waals surface area contributed by atoms with E-state index in [0.29, 0.717) is 34.3 Å². The molecule has 4 rings (SSSR count). The van der Waals surface area contributed by atoms with Gasteiger partial charge in [-0.25, -0.2) is 4.39 Å². The summed E-state index contributed by atoms with van der Waals surface area (Å²) in [4.78, 5) is 0. The highest BCUT2D eigenvalue weighted by Gasteiger charge is 2.23. The molecule has 6 nitrogen and oxygen atoms in total. The van der Waals surface area contributed by atoms with E-state index in [1.54, 1.807) is 30.3 Å². The normalized spacial score (nSPS) is 17.6. The zero-order valence-corrected chi connectivity index (χ0v) is 14.0. The smallest absolute Gasteiger partial charge is 0.216 e. The van der Waals surface area contributed by atoms with E-state index in [1.807, 2.05) is 0 Å². The van der Waals surface area contributed by atoms with E-state index in [2.05, 4.69) is 15.3 Å². The number of halogens is 1. The van der Waals surface area contributed by atoms with Crippen molar-refractivity contribution in [3.05, 3.63) is 58.6 Å². The third-order valence-corrected chi connectivity index (χ3v) is 4.22. The van der Waals surface area contributed by atoms with Gasteiger partial charge in [0.05, 0.1) is 11.8 Å². The summed E-state index contributed by atoms with van der Waals surface area (Å²) in [5.74, 6) is 1.23. The van der Waals surface area contributed by atoms with E-state index in [-0.39, 0.29) is 11.9 Å². The number of benzene rings is 1. The number of furan rings is 1. The van der Waals surface area contributed by atoms with Gasteiger partial charge in [0.25, 0.3) is 0 Å². The van der Waals surface area contributed by atoms with Crippen molar-refractivity contribution in [2.24, 2.45) is 5.10 Å². The molecule has 8 heteroatoms. The minimum absolute atomic E-state index is 0.115. The lowest BCUT2D eigenvalue weighted by Crippen LogP contribution is -2.05. The summed E-state index contributed by atoms with van der Waals surface area (Å²) < 4.78 is 27.0. The molecule has 1 aliphatic heterocycles. The van der Waals surface area contributed by atoms with E-state index in [1.165, 1.54) is 17.0 Å². The standard InChI is InChI=1S/C17H15FN4O2S/c18-13-5-2-1-4-12(13)14-8-7-11(24-14)10-19-22-16(20-21-17(22)25)15-6-3-9-23-15/h1-2,4-5,7-8,10,15H,3,6,9H2,(H,21,25)/b19-10-/t15-/m1/s1. The van der Waals surface area contributed by atoms with Crippen LogP contribution >= 0.6 is 12.2 Å². The van der Waals surface area contributed by atoms with Crippen LogP contribution in [-0.4, -0.2) is 27.7 Å². The fourth-order valence-electron chi connectivity index (χ4n) is 2.75. The molecule has 1 aromatic carbocycles. The molecule has 3 aromatic rings. The summed E-state index contributed by atoms with van der Waals surface area (Å²) in [6.45, 7) is 0.707. The quantitative estimate of drug-likeness (QED) is 0.564. The number of H-pyrrole nitrogens is 1. The molecule has 3 heterocycles. The Hall–Kier alpha value is -2.58. The van der Waals surface area contributed by atoms with Gasteiger partial charge < -0.3 is 9.15 Å². The maximum atomic E-state index is 13.8. The number of hydrogen-bond donors (Lipinski definition) is 1. The van der Waals surface area contributed by atoms with Crippen LogP contribution in [0.5, 0.6) is 0 Å². The van der Waals surface area contributed by atoms with E-state index in [0.717, 1.165) is 12.8 Å². The number of nitrogens with one attached hydrogen (secondary N) is 1. The Bertz CT molecular complexity index is 969. The van der Waals surface area contributed by atoms with Crippen molar-refractivity contribution < 1.29 is 13.5 Å². The third-order valence-electron chi connectivity index (χ3n) is 3.96. The number of ether oxygens (including phenoxy) is 1. The number of rotatable bonds is 4. The molecule has 0 spiro atoms. The SMILES string of the molecule is Fc1ccccc1-c1ccc(/C=N\n2c([C@H]3CCCO3)n[nH]c2=S)o1. The molecule has 128 valence electrons. The van der Waals surface area contributed by atoms with Gasteiger partial charge in [0, 0.05) is 6.61 Å². The number of nitrogens with zero attached hydrogens (tertiary/aromatic N) is 3. The third kappa shape index (κ3) is 3.18. The zero-order valence-electron chi connectivity index (χ0n) is 13.2. The maximum Gasteiger partial charge on any atom is 0.216 e. The second-order valence-corrected chi connectivity index (χ2v) is 6.01. The largest absolute Gasteiger partial charge is 0.455 e. The molecule has 1 fully saturated rings. The van der Waals surface area contributed by atoms with Gasteiger partial charge in [0.1, 0.15) is 23.4 Å². The number of aromatic amines is 1. The molecule has 0 aliphatic carbocycles. The molecular formula is C17H15FN4O2S. The Labute approximate surface area is 147 Å². The minimum atomic E-state index is -0.335. The lowest BCUT2D eigenvalue weighted by atomic mass is 10.1. The molecule has 0 radical (unpaired) electrons. The molecule has 0 saturated carbocycles. The van der Waals surface area contributed by atoms with Gasteiger partial charge in [-0.2, -0.15) is 14.9 Å². The van der Waals surface area contributed by atoms with Gasteiger partial charge in [0.2, 0.25) is 4.77 Å². The Morgan fingerprint density at radius 2 is 2.20 bits per heavy atom. The highest BCUT2D eigenvalue weighted by atomic mass is 32.1. The van der Waals surface area contributed by atoms with Crippen molar-refractivity contribution in [2.75, 3.05) is 6.61 Å². The molecule has 1 aliphatic rings. The maximum absolute atomic E-state index is 13.8. The van der Waals surface area contributed by atoms with Gasteiger partial charge in [-0.05, 0) is 49.3 Å². The van der Waals surface area contributed by atoms with Crippen LogP contribution in [0.3, 0.4) is 0 Å². The van der Waals surface area contributed by atoms with Crippen molar-refractivity contribution in [3.63, 3.8) is 0 Å². The predicted octanol–water partition coefficient (Wildman–Crippen LogP) is 4.07. The van der Waals surface area contributed by atoms with Crippen LogP contribution in [0.4, 0.5) is 4.39 Å². The van der Waals surface area contributed by atoms with E-state index in [4.69, 9.17) is 21.4 Å². The Balaban J connectivity index is 1.60. The van der Waals surface area contributed by atoms with Crippen molar-refractivity contribution >= 4 is 18.4 Å². The van der Waals surface area contributed by atoms with Crippen LogP contribution in [0.2, 0.25) is 0 Å². The molecule has 1 N–H and O–H groups in total. The fourth-order valence-corrected chi connectivity index (χ4v) is 2.93. The first kappa shape index (κ1) is 15.9. The molecular weight excluding hydrogens is 343 g/mol. The van der Waals surface area contributed by atoms with Gasteiger partial charge in [0.15, 0.2) is 5.82 Å². The Kier molecular flexibility index (Phi) is 4.29. The monoisotopic (exact) mass is 358 g/mol. The number of hydrogen-bond acceptors (Lipinski definition) is 5. The van der Waals surface area contributed by atoms with Gasteiger partial charge in [-0.1, -0.05) is 12.1 Å².